The van der Waals surface area contributed by atoms with Crippen molar-refractivity contribution < 1.29 is 18.2 Å². The molecule has 6 unspecified atom stereocenters. The Morgan fingerprint density at radius 2 is 1.41 bits per heavy atom. The van der Waals surface area contributed by atoms with Crippen LogP contribution in [0, 0.1) is 29.7 Å². The van der Waals surface area contributed by atoms with E-state index in [0.717, 1.165) is 5.56 Å². The first kappa shape index (κ1) is 24.7. The second-order valence-corrected chi connectivity index (χ2v) is 12.2. The van der Waals surface area contributed by atoms with Crippen molar-refractivity contribution in [1.82, 2.24) is 0 Å². The van der Waals surface area contributed by atoms with Crippen LogP contribution in [0.4, 0.5) is 5.69 Å². The van der Waals surface area contributed by atoms with Crippen molar-refractivity contribution in [3.63, 3.8) is 0 Å². The summed E-state index contributed by atoms with van der Waals surface area (Å²) in [5.41, 5.74) is 5.99. The van der Waals surface area contributed by atoms with E-state index in [4.69, 9.17) is 0 Å². The molecule has 2 aromatic rings. The third-order valence-corrected chi connectivity index (χ3v) is 10.6. The van der Waals surface area contributed by atoms with Crippen LogP contribution in [-0.2, 0) is 18.2 Å². The average molecular weight is 560 g/mol. The summed E-state index contributed by atoms with van der Waals surface area (Å²) < 4.78 is 0. The summed E-state index contributed by atoms with van der Waals surface area (Å²) in [5, 5.41) is 0. The van der Waals surface area contributed by atoms with Crippen LogP contribution < -0.4 is 4.90 Å². The van der Waals surface area contributed by atoms with Gasteiger partial charge in [-0.2, -0.15) is 0 Å². The van der Waals surface area contributed by atoms with Gasteiger partial charge in [0.05, 0.1) is 0 Å². The Hall–Kier alpha value is -0.378. The first-order chi connectivity index (χ1) is 15.7. The standard InChI is InChI=1S/C14H14N.C14H23P.ClH.Pd/c1-15(2)14-11-7-6-10-13(14)12-8-4-3-5-9-12;1-3-11-5-9(1)7-13(11)15-14-8-10-2-4-12(14)6-10;;/h3-8,10-11H,1-2H3;9-15H,1-8H2;1H;/q-1;;;+2/p-1/t;9?,10?,11?,12?,13-,14?;;/m.1../s1. The van der Waals surface area contributed by atoms with Crippen LogP contribution in [0.1, 0.15) is 51.4 Å². The molecule has 1 nitrogen and oxygen atoms in total. The number of hydrogen-bond donors (Lipinski definition) is 0. The fraction of sp³-hybridized carbons (Fsp3) is 0.571. The molecule has 0 amide bonds. The maximum atomic E-state index is 4.49. The van der Waals surface area contributed by atoms with Gasteiger partial charge < -0.3 is 4.90 Å². The molecule has 0 heterocycles. The Kier molecular flexibility index (Phi) is 9.16. The first-order valence-electron chi connectivity index (χ1n) is 12.3. The molecule has 0 aromatic heterocycles. The topological polar surface area (TPSA) is 3.24 Å². The SMILES string of the molecule is C1CC2CC1CC2P[C@@H]1CC2CCC1C2.CN(C)c1ccccc1-c1[c-]cccc1.[Cl][Pd+]. The van der Waals surface area contributed by atoms with E-state index in [0.29, 0.717) is 0 Å². The molecule has 0 saturated heterocycles. The Bertz CT molecular complexity index is 818. The number of hydrogen-bond acceptors (Lipinski definition) is 1. The van der Waals surface area contributed by atoms with E-state index in [1.54, 1.807) is 51.4 Å². The molecule has 176 valence electrons. The van der Waals surface area contributed by atoms with Crippen LogP contribution in [-0.4, -0.2) is 25.4 Å². The zero-order chi connectivity index (χ0) is 22.5. The van der Waals surface area contributed by atoms with Gasteiger partial charge in [0.25, 0.3) is 0 Å². The van der Waals surface area contributed by atoms with Crippen LogP contribution in [0.5, 0.6) is 0 Å². The normalized spacial score (nSPS) is 31.9. The van der Waals surface area contributed by atoms with E-state index in [1.807, 2.05) is 18.2 Å². The molecule has 7 atom stereocenters. The average Bonchev–Trinajstić information content (AvgIpc) is 3.64. The number of anilines is 1. The van der Waals surface area contributed by atoms with Gasteiger partial charge in [-0.1, -0.05) is 36.6 Å². The van der Waals surface area contributed by atoms with E-state index in [9.17, 15) is 0 Å². The quantitative estimate of drug-likeness (QED) is 0.209. The fourth-order valence-electron chi connectivity index (χ4n) is 6.82. The number of fused-ring (bicyclic) bond motifs is 4. The van der Waals surface area contributed by atoms with Crippen molar-refractivity contribution in [2.24, 2.45) is 23.7 Å². The predicted octanol–water partition coefficient (Wildman–Crippen LogP) is 7.95. The molecule has 0 aliphatic heterocycles. The molecular formula is C28H37ClNPPd. The van der Waals surface area contributed by atoms with E-state index >= 15 is 0 Å². The first-order valence-corrected chi connectivity index (χ1v) is 15.4. The van der Waals surface area contributed by atoms with E-state index in [1.165, 1.54) is 54.8 Å². The molecule has 0 spiro atoms. The summed E-state index contributed by atoms with van der Waals surface area (Å²) in [4.78, 5) is 2.12. The molecule has 4 aliphatic carbocycles. The van der Waals surface area contributed by atoms with Crippen LogP contribution in [0.2, 0.25) is 0 Å². The third-order valence-electron chi connectivity index (χ3n) is 8.29. The molecule has 4 fully saturated rings. The molecule has 6 rings (SSSR count). The molecule has 4 heteroatoms. The summed E-state index contributed by atoms with van der Waals surface area (Å²) in [6, 6.07) is 19.7. The minimum atomic E-state index is 1.14. The monoisotopic (exact) mass is 559 g/mol. The van der Waals surface area contributed by atoms with Crippen LogP contribution in [0.25, 0.3) is 11.1 Å². The summed E-state index contributed by atoms with van der Waals surface area (Å²) in [7, 11) is 9.98. The second kappa shape index (κ2) is 11.8. The van der Waals surface area contributed by atoms with Gasteiger partial charge in [0.2, 0.25) is 0 Å². The van der Waals surface area contributed by atoms with Gasteiger partial charge in [0, 0.05) is 19.8 Å². The minimum absolute atomic E-state index is 1.14. The van der Waals surface area contributed by atoms with Crippen molar-refractivity contribution >= 4 is 23.8 Å². The predicted molar refractivity (Wildman–Crippen MR) is 138 cm³/mol. The molecule has 4 bridgehead atoms. The summed E-state index contributed by atoms with van der Waals surface area (Å²) in [5.74, 6) is 4.72. The van der Waals surface area contributed by atoms with Crippen molar-refractivity contribution in [2.75, 3.05) is 19.0 Å². The van der Waals surface area contributed by atoms with Gasteiger partial charge in [-0.3, -0.25) is 0 Å². The van der Waals surface area contributed by atoms with Crippen LogP contribution in [0.15, 0.2) is 48.5 Å². The van der Waals surface area contributed by atoms with Gasteiger partial charge in [0.15, 0.2) is 0 Å². The molecule has 4 saturated carbocycles. The second-order valence-electron chi connectivity index (χ2n) is 10.4. The Labute approximate surface area is 212 Å². The van der Waals surface area contributed by atoms with Gasteiger partial charge in [-0.25, -0.2) is 0 Å². The van der Waals surface area contributed by atoms with Crippen molar-refractivity contribution in [2.45, 2.75) is 62.7 Å². The zero-order valence-electron chi connectivity index (χ0n) is 19.4. The number of rotatable bonds is 4. The van der Waals surface area contributed by atoms with Gasteiger partial charge >= 0.3 is 27.7 Å². The fourth-order valence-corrected chi connectivity index (χ4v) is 9.46. The van der Waals surface area contributed by atoms with Gasteiger partial charge in [0.1, 0.15) is 0 Å². The molecule has 4 aliphatic rings. The van der Waals surface area contributed by atoms with Crippen molar-refractivity contribution in [3.8, 4) is 11.1 Å². The number of benzene rings is 2. The van der Waals surface area contributed by atoms with Gasteiger partial charge in [-0.15, -0.1) is 44.5 Å². The Balaban J connectivity index is 0.000000142. The Morgan fingerprint density at radius 3 is 1.88 bits per heavy atom. The number of para-hydroxylation sites is 1. The van der Waals surface area contributed by atoms with E-state index in [-0.39, 0.29) is 0 Å². The van der Waals surface area contributed by atoms with Crippen LogP contribution >= 0.6 is 18.1 Å². The van der Waals surface area contributed by atoms with Crippen LogP contribution in [0.3, 0.4) is 0 Å². The van der Waals surface area contributed by atoms with E-state index in [2.05, 4.69) is 83.1 Å². The third kappa shape index (κ3) is 5.81. The Morgan fingerprint density at radius 1 is 0.812 bits per heavy atom. The molecule has 0 N–H and O–H groups in total. The van der Waals surface area contributed by atoms with Gasteiger partial charge in [-0.05, 0) is 79.6 Å². The summed E-state index contributed by atoms with van der Waals surface area (Å²) in [6.07, 6.45) is 12.9. The van der Waals surface area contributed by atoms with Crippen molar-refractivity contribution in [3.05, 3.63) is 54.6 Å². The number of nitrogens with zero attached hydrogens (tertiary/aromatic N) is 1. The number of halogens is 1. The van der Waals surface area contributed by atoms with Crippen molar-refractivity contribution in [1.29, 1.82) is 0 Å². The molecule has 2 aromatic carbocycles. The maximum absolute atomic E-state index is 4.49. The molecule has 0 radical (unpaired) electrons. The molecule has 32 heavy (non-hydrogen) atoms. The zero-order valence-corrected chi connectivity index (χ0v) is 22.7. The summed E-state index contributed by atoms with van der Waals surface area (Å²) in [6.45, 7) is 0. The molecular weight excluding hydrogens is 523 g/mol. The van der Waals surface area contributed by atoms with E-state index < -0.39 is 0 Å². The summed E-state index contributed by atoms with van der Waals surface area (Å²) >= 11 is 2.22.